The number of hydrogen-bond donors (Lipinski definition) is 4. The third-order valence-electron chi connectivity index (χ3n) is 7.98. The number of carbonyl (C=O) groups excluding carboxylic acids is 2. The smallest absolute Gasteiger partial charge is 0.411 e. The van der Waals surface area contributed by atoms with Crippen LogP contribution in [0, 0.1) is 6.92 Å². The number of likely N-dealkylation sites (tertiary alicyclic amines) is 1. The Hall–Kier alpha value is -5.13. The molecule has 2 aliphatic rings. The molecule has 1 saturated heterocycles. The molecule has 4 N–H and O–H groups in total. The first-order valence-electron chi connectivity index (χ1n) is 14.6. The van der Waals surface area contributed by atoms with Crippen molar-refractivity contribution >= 4 is 47.4 Å². The highest BCUT2D eigenvalue weighted by molar-refractivity contribution is 6.30. The Bertz CT molecular complexity index is 1740. The molecule has 1 fully saturated rings. The third kappa shape index (κ3) is 6.54. The van der Waals surface area contributed by atoms with E-state index in [-0.39, 0.29) is 17.9 Å². The second-order valence-corrected chi connectivity index (χ2v) is 11.2. The zero-order chi connectivity index (χ0) is 31.3. The number of anilines is 2. The number of aromatic amines is 1. The quantitative estimate of drug-likeness (QED) is 0.182. The van der Waals surface area contributed by atoms with Gasteiger partial charge in [-0.25, -0.2) is 20.3 Å². The van der Waals surface area contributed by atoms with Crippen LogP contribution in [0.15, 0.2) is 84.0 Å². The summed E-state index contributed by atoms with van der Waals surface area (Å²) < 4.78 is 4.69. The number of hydrazone groups is 1. The largest absolute Gasteiger partial charge is 0.453 e. The number of nitrogens with one attached hydrogen (secondary N) is 4. The topological polar surface area (TPSA) is 127 Å². The summed E-state index contributed by atoms with van der Waals surface area (Å²) in [5, 5.41) is 8.91. The molecule has 45 heavy (non-hydrogen) atoms. The lowest BCUT2D eigenvalue weighted by atomic mass is 9.83. The van der Waals surface area contributed by atoms with Gasteiger partial charge in [-0.15, -0.1) is 5.53 Å². The molecule has 4 aromatic rings. The first-order chi connectivity index (χ1) is 21.9. The SMILES string of the molecule is COC(=O)Nc1ccc(-c2nc(C3C(c4ccccc4)CCCN3C(=O)/C=C/c3cc(Cl)ccc3N3C=NNN3)[nH]c2C)cc1. The maximum absolute atomic E-state index is 14.0. The van der Waals surface area contributed by atoms with Crippen molar-refractivity contribution in [1.82, 2.24) is 25.9 Å². The summed E-state index contributed by atoms with van der Waals surface area (Å²) in [4.78, 5) is 36.1. The van der Waals surface area contributed by atoms with Gasteiger partial charge in [-0.1, -0.05) is 54.1 Å². The molecule has 2 unspecified atom stereocenters. The predicted molar refractivity (Wildman–Crippen MR) is 175 cm³/mol. The number of imidazole rings is 1. The van der Waals surface area contributed by atoms with Crippen molar-refractivity contribution in [3.8, 4) is 11.3 Å². The van der Waals surface area contributed by atoms with Gasteiger partial charge in [0.25, 0.3) is 0 Å². The van der Waals surface area contributed by atoms with E-state index < -0.39 is 6.09 Å². The minimum absolute atomic E-state index is 0.0418. The average molecular weight is 625 g/mol. The summed E-state index contributed by atoms with van der Waals surface area (Å²) in [7, 11) is 1.32. The summed E-state index contributed by atoms with van der Waals surface area (Å²) in [5.74, 6) is 0.642. The normalized spacial score (nSPS) is 17.8. The number of carbonyl (C=O) groups is 2. The third-order valence-corrected chi connectivity index (χ3v) is 8.21. The molecule has 0 bridgehead atoms. The molecule has 11 nitrogen and oxygen atoms in total. The lowest BCUT2D eigenvalue weighted by Crippen LogP contribution is -2.41. The highest BCUT2D eigenvalue weighted by atomic mass is 35.5. The highest BCUT2D eigenvalue weighted by Gasteiger charge is 2.38. The Balaban J connectivity index is 1.33. The number of hydrogen-bond acceptors (Lipinski definition) is 8. The summed E-state index contributed by atoms with van der Waals surface area (Å²) in [6.45, 7) is 2.57. The number of ether oxygens (including phenoxy) is 1. The number of nitrogens with zero attached hydrogens (tertiary/aromatic N) is 4. The van der Waals surface area contributed by atoms with Crippen LogP contribution >= 0.6 is 11.6 Å². The van der Waals surface area contributed by atoms with E-state index in [0.29, 0.717) is 17.3 Å². The Morgan fingerprint density at radius 1 is 1.09 bits per heavy atom. The van der Waals surface area contributed by atoms with E-state index >= 15 is 0 Å². The Labute approximate surface area is 265 Å². The van der Waals surface area contributed by atoms with Crippen molar-refractivity contribution < 1.29 is 14.3 Å². The van der Waals surface area contributed by atoms with E-state index in [2.05, 4.69) is 43.3 Å². The Kier molecular flexibility index (Phi) is 8.81. The molecular weight excluding hydrogens is 592 g/mol. The molecule has 2 aliphatic heterocycles. The number of aryl methyl sites for hydroxylation is 1. The van der Waals surface area contributed by atoms with Gasteiger partial charge >= 0.3 is 6.09 Å². The zero-order valence-corrected chi connectivity index (χ0v) is 25.6. The Morgan fingerprint density at radius 3 is 2.62 bits per heavy atom. The zero-order valence-electron chi connectivity index (χ0n) is 24.8. The van der Waals surface area contributed by atoms with Crippen LogP contribution in [0.4, 0.5) is 16.2 Å². The fourth-order valence-corrected chi connectivity index (χ4v) is 6.05. The van der Waals surface area contributed by atoms with Crippen LogP contribution < -0.4 is 21.4 Å². The molecule has 2 atom stereocenters. The number of aromatic nitrogens is 2. The molecule has 0 aliphatic carbocycles. The fourth-order valence-electron chi connectivity index (χ4n) is 5.87. The molecule has 0 radical (unpaired) electrons. The van der Waals surface area contributed by atoms with Gasteiger partial charge < -0.3 is 14.6 Å². The van der Waals surface area contributed by atoms with Gasteiger partial charge in [0, 0.05) is 46.1 Å². The van der Waals surface area contributed by atoms with E-state index in [4.69, 9.17) is 16.6 Å². The van der Waals surface area contributed by atoms with Crippen LogP contribution in [-0.2, 0) is 9.53 Å². The molecule has 0 spiro atoms. The number of H-pyrrole nitrogens is 1. The van der Waals surface area contributed by atoms with Crippen molar-refractivity contribution in [2.45, 2.75) is 31.7 Å². The van der Waals surface area contributed by atoms with Gasteiger partial charge in [-0.05, 0) is 61.7 Å². The van der Waals surface area contributed by atoms with Crippen molar-refractivity contribution in [2.24, 2.45) is 5.10 Å². The monoisotopic (exact) mass is 624 g/mol. The molecule has 230 valence electrons. The maximum atomic E-state index is 14.0. The van der Waals surface area contributed by atoms with Gasteiger partial charge in [0.05, 0.1) is 24.5 Å². The van der Waals surface area contributed by atoms with Crippen LogP contribution in [0.5, 0.6) is 0 Å². The first kappa shape index (κ1) is 29.9. The molecule has 3 heterocycles. The lowest BCUT2D eigenvalue weighted by molar-refractivity contribution is -0.130. The average Bonchev–Trinajstić information content (AvgIpc) is 3.74. The number of halogens is 1. The van der Waals surface area contributed by atoms with E-state index in [0.717, 1.165) is 52.4 Å². The maximum Gasteiger partial charge on any atom is 0.411 e. The number of hydrazine groups is 2. The molecule has 1 aromatic heterocycles. The molecule has 0 saturated carbocycles. The van der Waals surface area contributed by atoms with Gasteiger partial charge in [-0.3, -0.25) is 10.1 Å². The lowest BCUT2D eigenvalue weighted by Gasteiger charge is -2.40. The summed E-state index contributed by atoms with van der Waals surface area (Å²) in [6, 6.07) is 22.8. The van der Waals surface area contributed by atoms with Crippen LogP contribution in [-0.4, -0.2) is 46.9 Å². The van der Waals surface area contributed by atoms with E-state index in [9.17, 15) is 9.59 Å². The van der Waals surface area contributed by atoms with Gasteiger partial charge in [0.15, 0.2) is 0 Å². The van der Waals surface area contributed by atoms with Crippen molar-refractivity contribution in [3.63, 3.8) is 0 Å². The van der Waals surface area contributed by atoms with Crippen LogP contribution in [0.3, 0.4) is 0 Å². The van der Waals surface area contributed by atoms with Crippen LogP contribution in [0.1, 0.15) is 47.4 Å². The molecular formula is C33H33ClN8O3. The van der Waals surface area contributed by atoms with E-state index in [1.807, 2.05) is 54.3 Å². The standard InChI is InChI=1S/C33H33ClN8O3/c1-21-30(23-10-14-26(15-11-23)37-33(44)45-2)38-32(36-21)31-27(22-7-4-3-5-8-22)9-6-18-41(31)29(43)17-12-24-19-25(34)13-16-28(24)42-20-35-39-40-42/h3-5,7-8,10-17,19-20,27,31,39-40H,6,9,18H2,1-2H3,(H,36,38)(H,37,44)/b17-12+. The summed E-state index contributed by atoms with van der Waals surface area (Å²) in [5.41, 5.74) is 11.5. The number of methoxy groups -OCH3 is 1. The van der Waals surface area contributed by atoms with Gasteiger partial charge in [0.2, 0.25) is 5.91 Å². The highest BCUT2D eigenvalue weighted by Crippen LogP contribution is 2.43. The predicted octanol–water partition coefficient (Wildman–Crippen LogP) is 6.15. The minimum atomic E-state index is -0.533. The molecule has 12 heteroatoms. The first-order valence-corrected chi connectivity index (χ1v) is 15.0. The van der Waals surface area contributed by atoms with Gasteiger partial charge in [-0.2, -0.15) is 5.10 Å². The Morgan fingerprint density at radius 2 is 1.89 bits per heavy atom. The van der Waals surface area contributed by atoms with Crippen LogP contribution in [0.25, 0.3) is 17.3 Å². The number of benzene rings is 3. The van der Waals surface area contributed by atoms with Crippen LogP contribution in [0.2, 0.25) is 5.02 Å². The molecule has 2 amide bonds. The summed E-state index contributed by atoms with van der Waals surface area (Å²) >= 11 is 6.33. The fraction of sp³-hybridized carbons (Fsp3) is 0.212. The molecule has 6 rings (SSSR count). The molecule has 3 aromatic carbocycles. The van der Waals surface area contributed by atoms with Crippen molar-refractivity contribution in [3.05, 3.63) is 107 Å². The second kappa shape index (κ2) is 13.2. The minimum Gasteiger partial charge on any atom is -0.453 e. The van der Waals surface area contributed by atoms with Gasteiger partial charge in [0.1, 0.15) is 12.2 Å². The van der Waals surface area contributed by atoms with E-state index in [1.54, 1.807) is 41.7 Å². The summed E-state index contributed by atoms with van der Waals surface area (Å²) in [6.07, 6.45) is 6.22. The number of amides is 2. The van der Waals surface area contributed by atoms with E-state index in [1.165, 1.54) is 7.11 Å². The number of piperidine rings is 1. The van der Waals surface area contributed by atoms with Crippen molar-refractivity contribution in [2.75, 3.05) is 24.0 Å². The number of rotatable bonds is 7. The van der Waals surface area contributed by atoms with Crippen molar-refractivity contribution in [1.29, 1.82) is 0 Å². The second-order valence-electron chi connectivity index (χ2n) is 10.8.